The van der Waals surface area contributed by atoms with Crippen LogP contribution in [0, 0.1) is 0 Å². The molecule has 0 rings (SSSR count). The Balaban J connectivity index is 4.62. The average molecular weight is 181 g/mol. The first kappa shape index (κ1) is 12.0. The smallest absolute Gasteiger partial charge is 0.423 e. The predicted molar refractivity (Wildman–Crippen MR) is 55.9 cm³/mol. The highest BCUT2D eigenvalue weighted by atomic mass is 16.4. The molecule has 0 saturated carbocycles. The lowest BCUT2D eigenvalue weighted by molar-refractivity contribution is 0.420. The third-order valence-corrected chi connectivity index (χ3v) is 1.56. The molecule has 0 aliphatic carbocycles. The highest BCUT2D eigenvalue weighted by molar-refractivity contribution is 6.51. The number of nitrogens with one attached hydrogen (secondary N) is 1. The third-order valence-electron chi connectivity index (χ3n) is 1.56. The van der Waals surface area contributed by atoms with Crippen LogP contribution in [0.3, 0.4) is 0 Å². The Labute approximate surface area is 79.6 Å². The molecule has 0 unspecified atom stereocenters. The molecule has 3 N–H and O–H groups in total. The van der Waals surface area contributed by atoms with E-state index in [1.807, 2.05) is 19.9 Å². The molecule has 0 heterocycles. The molecule has 13 heavy (non-hydrogen) atoms. The lowest BCUT2D eigenvalue weighted by Gasteiger charge is -2.02. The summed E-state index contributed by atoms with van der Waals surface area (Å²) in [5, 5.41) is 20.8. The van der Waals surface area contributed by atoms with Crippen molar-refractivity contribution in [1.29, 1.82) is 0 Å². The van der Waals surface area contributed by atoms with E-state index in [2.05, 4.69) is 5.32 Å². The molecule has 0 aliphatic rings. The lowest BCUT2D eigenvalue weighted by Crippen LogP contribution is -2.15. The molecule has 0 amide bonds. The molecular formula is C9H16BNO2. The second-order valence-corrected chi connectivity index (χ2v) is 2.64. The summed E-state index contributed by atoms with van der Waals surface area (Å²) >= 11 is 0. The van der Waals surface area contributed by atoms with E-state index in [0.29, 0.717) is 5.47 Å². The van der Waals surface area contributed by atoms with Crippen LogP contribution in [-0.4, -0.2) is 24.2 Å². The van der Waals surface area contributed by atoms with Crippen molar-refractivity contribution in [2.24, 2.45) is 0 Å². The highest BCUT2D eigenvalue weighted by Gasteiger charge is 2.10. The Morgan fingerprint density at radius 3 is 2.38 bits per heavy atom. The summed E-state index contributed by atoms with van der Waals surface area (Å²) in [6.07, 6.45) is 6.93. The first-order chi connectivity index (χ1) is 6.11. The molecular weight excluding hydrogens is 165 g/mol. The van der Waals surface area contributed by atoms with Crippen molar-refractivity contribution >= 4 is 7.12 Å². The summed E-state index contributed by atoms with van der Waals surface area (Å²) in [4.78, 5) is 0. The van der Waals surface area contributed by atoms with Crippen molar-refractivity contribution in [2.45, 2.75) is 13.8 Å². The zero-order chi connectivity index (χ0) is 10.3. The van der Waals surface area contributed by atoms with Crippen LogP contribution in [0.15, 0.2) is 35.5 Å². The fourth-order valence-corrected chi connectivity index (χ4v) is 0.738. The number of rotatable bonds is 4. The van der Waals surface area contributed by atoms with Gasteiger partial charge in [0.15, 0.2) is 0 Å². The first-order valence-corrected chi connectivity index (χ1v) is 4.17. The summed E-state index contributed by atoms with van der Waals surface area (Å²) in [6, 6.07) is 0. The van der Waals surface area contributed by atoms with Crippen molar-refractivity contribution in [1.82, 2.24) is 5.32 Å². The molecule has 0 atom stereocenters. The monoisotopic (exact) mass is 181 g/mol. The van der Waals surface area contributed by atoms with E-state index < -0.39 is 7.12 Å². The fraction of sp³-hybridized carbons (Fsp3) is 0.333. The topological polar surface area (TPSA) is 52.5 Å². The maximum atomic E-state index is 8.96. The maximum Gasteiger partial charge on any atom is 0.488 e. The summed E-state index contributed by atoms with van der Waals surface area (Å²) in [5.74, 6) is 0. The molecule has 0 saturated heterocycles. The van der Waals surface area contributed by atoms with E-state index in [9.17, 15) is 0 Å². The van der Waals surface area contributed by atoms with Gasteiger partial charge in [-0.3, -0.25) is 0 Å². The molecule has 0 aliphatic heterocycles. The first-order valence-electron chi connectivity index (χ1n) is 4.17. The second-order valence-electron chi connectivity index (χ2n) is 2.64. The fourth-order valence-electron chi connectivity index (χ4n) is 0.738. The van der Waals surface area contributed by atoms with Crippen molar-refractivity contribution in [2.75, 3.05) is 7.05 Å². The van der Waals surface area contributed by atoms with Gasteiger partial charge in [0.05, 0.1) is 0 Å². The largest absolute Gasteiger partial charge is 0.488 e. The van der Waals surface area contributed by atoms with Gasteiger partial charge in [0, 0.05) is 12.7 Å². The maximum absolute atomic E-state index is 8.96. The van der Waals surface area contributed by atoms with E-state index in [1.165, 1.54) is 0 Å². The van der Waals surface area contributed by atoms with Crippen LogP contribution >= 0.6 is 0 Å². The predicted octanol–water partition coefficient (Wildman–Crippen LogP) is 0.624. The second kappa shape index (κ2) is 6.51. The standard InChI is InChI=1S/C9H16BNO2/c1-4-5-6-9(10(12)13)7-8(2)11-3/h4-7,11-13H,1-3H3/b5-4-,8-7-,9-6+. The van der Waals surface area contributed by atoms with Gasteiger partial charge in [-0.1, -0.05) is 18.2 Å². The SMILES string of the molecule is C\C=C/C=C(\C=C(\C)NC)B(O)O. The molecule has 3 nitrogen and oxygen atoms in total. The van der Waals surface area contributed by atoms with Crippen LogP contribution < -0.4 is 5.32 Å². The van der Waals surface area contributed by atoms with Gasteiger partial charge in [-0.25, -0.2) is 0 Å². The summed E-state index contributed by atoms with van der Waals surface area (Å²) in [7, 11) is 0.350. The van der Waals surface area contributed by atoms with Crippen molar-refractivity contribution < 1.29 is 10.0 Å². The quantitative estimate of drug-likeness (QED) is 0.440. The van der Waals surface area contributed by atoms with Crippen LogP contribution in [0.25, 0.3) is 0 Å². The molecule has 72 valence electrons. The van der Waals surface area contributed by atoms with Gasteiger partial charge < -0.3 is 15.4 Å². The minimum absolute atomic E-state index is 0.463. The zero-order valence-corrected chi connectivity index (χ0v) is 8.28. The van der Waals surface area contributed by atoms with Crippen molar-refractivity contribution in [3.8, 4) is 0 Å². The summed E-state index contributed by atoms with van der Waals surface area (Å²) < 4.78 is 0. The molecule has 0 radical (unpaired) electrons. The summed E-state index contributed by atoms with van der Waals surface area (Å²) in [5.41, 5.74) is 1.34. The van der Waals surface area contributed by atoms with Gasteiger partial charge in [0.2, 0.25) is 0 Å². The third kappa shape index (κ3) is 5.28. The molecule has 0 fully saturated rings. The van der Waals surface area contributed by atoms with Crippen molar-refractivity contribution in [3.63, 3.8) is 0 Å². The van der Waals surface area contributed by atoms with E-state index >= 15 is 0 Å². The van der Waals surface area contributed by atoms with Crippen LogP contribution in [0.4, 0.5) is 0 Å². The van der Waals surface area contributed by atoms with E-state index in [0.717, 1.165) is 5.70 Å². The van der Waals surface area contributed by atoms with E-state index in [1.54, 1.807) is 25.3 Å². The average Bonchev–Trinajstić information content (AvgIpc) is 2.11. The summed E-state index contributed by atoms with van der Waals surface area (Å²) in [6.45, 7) is 3.72. The van der Waals surface area contributed by atoms with Crippen LogP contribution in [0.2, 0.25) is 0 Å². The Bertz CT molecular complexity index is 232. The van der Waals surface area contributed by atoms with Crippen LogP contribution in [0.1, 0.15) is 13.8 Å². The minimum atomic E-state index is -1.43. The zero-order valence-electron chi connectivity index (χ0n) is 8.28. The molecule has 0 spiro atoms. The van der Waals surface area contributed by atoms with Gasteiger partial charge in [-0.15, -0.1) is 0 Å². The Morgan fingerprint density at radius 2 is 2.00 bits per heavy atom. The van der Waals surface area contributed by atoms with Crippen molar-refractivity contribution in [3.05, 3.63) is 35.5 Å². The Kier molecular flexibility index (Phi) is 6.01. The Hall–Kier alpha value is -0.995. The normalized spacial score (nSPS) is 13.6. The van der Waals surface area contributed by atoms with Gasteiger partial charge in [0.25, 0.3) is 0 Å². The number of hydrogen-bond acceptors (Lipinski definition) is 3. The molecule has 0 aromatic carbocycles. The Morgan fingerprint density at radius 1 is 1.38 bits per heavy atom. The van der Waals surface area contributed by atoms with E-state index in [-0.39, 0.29) is 0 Å². The van der Waals surface area contributed by atoms with E-state index in [4.69, 9.17) is 10.0 Å². The lowest BCUT2D eigenvalue weighted by atomic mass is 9.78. The van der Waals surface area contributed by atoms with Gasteiger partial charge in [-0.05, 0) is 25.4 Å². The molecule has 0 bridgehead atoms. The van der Waals surface area contributed by atoms with Gasteiger partial charge >= 0.3 is 7.12 Å². The van der Waals surface area contributed by atoms with Crippen LogP contribution in [0.5, 0.6) is 0 Å². The van der Waals surface area contributed by atoms with Gasteiger partial charge in [0.1, 0.15) is 0 Å². The molecule has 4 heteroatoms. The number of allylic oxidation sites excluding steroid dienone is 6. The highest BCUT2D eigenvalue weighted by Crippen LogP contribution is 2.02. The van der Waals surface area contributed by atoms with Crippen LogP contribution in [-0.2, 0) is 0 Å². The molecule has 0 aromatic heterocycles. The minimum Gasteiger partial charge on any atom is -0.423 e. The number of hydrogen-bond donors (Lipinski definition) is 3. The molecule has 0 aromatic rings. The van der Waals surface area contributed by atoms with Gasteiger partial charge in [-0.2, -0.15) is 0 Å².